The highest BCUT2D eigenvalue weighted by Crippen LogP contribution is 2.39. The maximum absolute atomic E-state index is 13.6. The Labute approximate surface area is 184 Å². The van der Waals surface area contributed by atoms with E-state index in [0.29, 0.717) is 43.8 Å². The fraction of sp³-hybridized carbons (Fsp3) is 0.625. The first kappa shape index (κ1) is 21.8. The van der Waals surface area contributed by atoms with Gasteiger partial charge < -0.3 is 15.0 Å². The molecule has 168 valence electrons. The minimum Gasteiger partial charge on any atom is -0.353 e. The van der Waals surface area contributed by atoms with E-state index in [4.69, 9.17) is 4.74 Å². The molecule has 3 fully saturated rings. The van der Waals surface area contributed by atoms with Gasteiger partial charge in [-0.15, -0.1) is 0 Å². The fourth-order valence-corrected chi connectivity index (χ4v) is 4.59. The molecule has 2 aliphatic heterocycles. The molecule has 1 atom stereocenters. The number of nitrogens with zero attached hydrogens (tertiary/aromatic N) is 2. The number of benzene rings is 1. The van der Waals surface area contributed by atoms with Crippen LogP contribution in [0.1, 0.15) is 61.9 Å². The molecule has 0 unspecified atom stereocenters. The third-order valence-electron chi connectivity index (χ3n) is 6.45. The first-order valence-corrected chi connectivity index (χ1v) is 11.4. The molecule has 0 aromatic heterocycles. The van der Waals surface area contributed by atoms with Crippen LogP contribution in [0.2, 0.25) is 0 Å². The van der Waals surface area contributed by atoms with Crippen LogP contribution in [0.4, 0.5) is 0 Å². The molecule has 1 spiro atoms. The number of aryl methyl sites for hydroxylation is 1. The van der Waals surface area contributed by atoms with Gasteiger partial charge >= 0.3 is 0 Å². The zero-order chi connectivity index (χ0) is 22.2. The molecule has 3 aliphatic rings. The predicted molar refractivity (Wildman–Crippen MR) is 116 cm³/mol. The van der Waals surface area contributed by atoms with E-state index in [2.05, 4.69) is 5.32 Å². The van der Waals surface area contributed by atoms with E-state index in [1.54, 1.807) is 11.0 Å². The third-order valence-corrected chi connectivity index (χ3v) is 6.45. The second-order valence-electron chi connectivity index (χ2n) is 9.58. The van der Waals surface area contributed by atoms with Crippen molar-refractivity contribution in [2.24, 2.45) is 5.92 Å². The van der Waals surface area contributed by atoms with Gasteiger partial charge in [-0.3, -0.25) is 19.3 Å². The third kappa shape index (κ3) is 4.61. The summed E-state index contributed by atoms with van der Waals surface area (Å²) < 4.78 is 6.22. The number of rotatable bonds is 5. The summed E-state index contributed by atoms with van der Waals surface area (Å²) in [6.45, 7) is 7.27. The normalized spacial score (nSPS) is 22.8. The fourth-order valence-electron chi connectivity index (χ4n) is 4.59. The highest BCUT2D eigenvalue weighted by atomic mass is 16.5. The monoisotopic (exact) mass is 427 g/mol. The van der Waals surface area contributed by atoms with Crippen LogP contribution in [0.25, 0.3) is 0 Å². The molecule has 1 aliphatic carbocycles. The van der Waals surface area contributed by atoms with E-state index >= 15 is 0 Å². The summed E-state index contributed by atoms with van der Waals surface area (Å²) >= 11 is 0. The van der Waals surface area contributed by atoms with Crippen LogP contribution in [0, 0.1) is 12.8 Å². The van der Waals surface area contributed by atoms with Gasteiger partial charge in [-0.2, -0.15) is 0 Å². The van der Waals surface area contributed by atoms with Gasteiger partial charge in [0.2, 0.25) is 11.8 Å². The zero-order valence-corrected chi connectivity index (χ0v) is 18.7. The van der Waals surface area contributed by atoms with Gasteiger partial charge in [-0.25, -0.2) is 0 Å². The van der Waals surface area contributed by atoms with E-state index in [1.165, 1.54) is 0 Å². The largest absolute Gasteiger partial charge is 0.353 e. The van der Waals surface area contributed by atoms with Gasteiger partial charge in [-0.05, 0) is 37.8 Å². The molecule has 1 aromatic carbocycles. The van der Waals surface area contributed by atoms with Crippen molar-refractivity contribution in [3.63, 3.8) is 0 Å². The minimum atomic E-state index is -0.846. The quantitative estimate of drug-likeness (QED) is 0.783. The number of ether oxygens (including phenoxy) is 1. The molecular formula is C24H33N3O4. The Bertz CT molecular complexity index is 856. The number of hydrogen-bond donors (Lipinski definition) is 1. The Morgan fingerprint density at radius 2 is 1.90 bits per heavy atom. The maximum Gasteiger partial charge on any atom is 0.256 e. The summed E-state index contributed by atoms with van der Waals surface area (Å²) in [4.78, 5) is 42.7. The molecule has 2 heterocycles. The van der Waals surface area contributed by atoms with Crippen LogP contribution < -0.4 is 5.32 Å². The van der Waals surface area contributed by atoms with Gasteiger partial charge in [0, 0.05) is 44.0 Å². The molecule has 1 saturated carbocycles. The van der Waals surface area contributed by atoms with E-state index in [1.807, 2.05) is 43.9 Å². The Morgan fingerprint density at radius 1 is 1.19 bits per heavy atom. The second-order valence-corrected chi connectivity index (χ2v) is 9.58. The van der Waals surface area contributed by atoms with Crippen molar-refractivity contribution in [3.05, 3.63) is 35.4 Å². The van der Waals surface area contributed by atoms with Gasteiger partial charge in [-0.1, -0.05) is 31.5 Å². The molecule has 2 saturated heterocycles. The maximum atomic E-state index is 13.6. The van der Waals surface area contributed by atoms with Crippen LogP contribution in [-0.2, 0) is 14.3 Å². The molecule has 4 rings (SSSR count). The molecule has 1 aromatic rings. The Balaban J connectivity index is 1.56. The lowest BCUT2D eigenvalue weighted by atomic mass is 9.95. The van der Waals surface area contributed by atoms with Crippen molar-refractivity contribution in [3.8, 4) is 0 Å². The molecule has 3 amide bonds. The van der Waals surface area contributed by atoms with Crippen molar-refractivity contribution in [2.75, 3.05) is 19.7 Å². The molecule has 0 radical (unpaired) electrons. The lowest BCUT2D eigenvalue weighted by Crippen LogP contribution is -2.60. The number of amides is 3. The first-order valence-electron chi connectivity index (χ1n) is 11.4. The Kier molecular flexibility index (Phi) is 6.06. The zero-order valence-electron chi connectivity index (χ0n) is 18.7. The predicted octanol–water partition coefficient (Wildman–Crippen LogP) is 2.48. The summed E-state index contributed by atoms with van der Waals surface area (Å²) in [6, 6.07) is 7.02. The van der Waals surface area contributed by atoms with Crippen LogP contribution >= 0.6 is 0 Å². The topological polar surface area (TPSA) is 79.0 Å². The molecule has 7 heteroatoms. The SMILES string of the molecule is Cc1cccc(C(=O)N2[C@@H](C(=O)NC3CC3)COC23CCN(C(=O)CC(C)C)CC3)c1. The van der Waals surface area contributed by atoms with Gasteiger partial charge in [0.05, 0.1) is 6.61 Å². The van der Waals surface area contributed by atoms with Gasteiger partial charge in [0.15, 0.2) is 0 Å². The van der Waals surface area contributed by atoms with Crippen molar-refractivity contribution in [2.45, 2.75) is 70.7 Å². The number of piperidine rings is 1. The summed E-state index contributed by atoms with van der Waals surface area (Å²) in [5.74, 6) is 0.126. The highest BCUT2D eigenvalue weighted by molar-refractivity contribution is 5.98. The second kappa shape index (κ2) is 8.61. The average Bonchev–Trinajstić information content (AvgIpc) is 3.47. The van der Waals surface area contributed by atoms with E-state index in [0.717, 1.165) is 18.4 Å². The number of hydrogen-bond acceptors (Lipinski definition) is 4. The summed E-state index contributed by atoms with van der Waals surface area (Å²) in [5, 5.41) is 3.04. The molecular weight excluding hydrogens is 394 g/mol. The van der Waals surface area contributed by atoms with Crippen LogP contribution in [-0.4, -0.2) is 65.0 Å². The molecule has 0 bridgehead atoms. The number of carbonyl (C=O) groups is 3. The number of likely N-dealkylation sites (tertiary alicyclic amines) is 1. The van der Waals surface area contributed by atoms with Crippen molar-refractivity contribution >= 4 is 17.7 Å². The van der Waals surface area contributed by atoms with E-state index in [-0.39, 0.29) is 30.4 Å². The Morgan fingerprint density at radius 3 is 2.52 bits per heavy atom. The van der Waals surface area contributed by atoms with Crippen LogP contribution in [0.5, 0.6) is 0 Å². The van der Waals surface area contributed by atoms with Gasteiger partial charge in [0.25, 0.3) is 5.91 Å². The van der Waals surface area contributed by atoms with Crippen molar-refractivity contribution in [1.29, 1.82) is 0 Å². The lowest BCUT2D eigenvalue weighted by molar-refractivity contribution is -0.144. The summed E-state index contributed by atoms with van der Waals surface area (Å²) in [7, 11) is 0. The minimum absolute atomic E-state index is 0.140. The number of nitrogens with one attached hydrogen (secondary N) is 1. The van der Waals surface area contributed by atoms with Crippen LogP contribution in [0.3, 0.4) is 0 Å². The summed E-state index contributed by atoms with van der Waals surface area (Å²) in [5.41, 5.74) is 0.710. The molecule has 31 heavy (non-hydrogen) atoms. The lowest BCUT2D eigenvalue weighted by Gasteiger charge is -2.44. The Hall–Kier alpha value is -2.41. The van der Waals surface area contributed by atoms with Gasteiger partial charge in [0.1, 0.15) is 11.8 Å². The first-order chi connectivity index (χ1) is 14.8. The van der Waals surface area contributed by atoms with E-state index in [9.17, 15) is 14.4 Å². The smallest absolute Gasteiger partial charge is 0.256 e. The number of carbonyl (C=O) groups excluding carboxylic acids is 3. The van der Waals surface area contributed by atoms with Crippen LogP contribution in [0.15, 0.2) is 24.3 Å². The van der Waals surface area contributed by atoms with E-state index < -0.39 is 11.8 Å². The average molecular weight is 428 g/mol. The summed E-state index contributed by atoms with van der Waals surface area (Å²) in [6.07, 6.45) is 3.53. The molecule has 1 N–H and O–H groups in total. The van der Waals surface area contributed by atoms with Crippen molar-refractivity contribution < 1.29 is 19.1 Å². The standard InChI is InChI=1S/C24H33N3O4/c1-16(2)13-21(28)26-11-9-24(10-12-26)27(23(30)18-6-4-5-17(3)14-18)20(15-31-24)22(29)25-19-7-8-19/h4-6,14,16,19-20H,7-13,15H2,1-3H3,(H,25,29)/t20-/m1/s1. The van der Waals surface area contributed by atoms with Crippen molar-refractivity contribution in [1.82, 2.24) is 15.1 Å². The highest BCUT2D eigenvalue weighted by Gasteiger charge is 2.54. The molecule has 7 nitrogen and oxygen atoms in total.